The molecule has 0 aliphatic heterocycles. The first-order valence-corrected chi connectivity index (χ1v) is 10.0. The van der Waals surface area contributed by atoms with E-state index in [4.69, 9.17) is 0 Å². The van der Waals surface area contributed by atoms with Crippen LogP contribution in [0.3, 0.4) is 0 Å². The molecule has 4 saturated carbocycles. The van der Waals surface area contributed by atoms with Gasteiger partial charge in [-0.15, -0.1) is 0 Å². The number of rotatable bonds is 4. The maximum absolute atomic E-state index is 12.8. The highest BCUT2D eigenvalue weighted by Crippen LogP contribution is 2.59. The first kappa shape index (κ1) is 18.2. The van der Waals surface area contributed by atoms with Gasteiger partial charge in [-0.3, -0.25) is 25.2 Å². The average molecular weight is 372 g/mol. The van der Waals surface area contributed by atoms with Crippen LogP contribution in [-0.2, 0) is 16.0 Å². The van der Waals surface area contributed by atoms with E-state index in [9.17, 15) is 14.4 Å². The quantitative estimate of drug-likeness (QED) is 0.700. The largest absolute Gasteiger partial charge is 0.311 e. The molecule has 1 aromatic rings. The van der Waals surface area contributed by atoms with Crippen LogP contribution in [0.5, 0.6) is 0 Å². The third kappa shape index (κ3) is 3.51. The standard InChI is InChI=1S/C20H28N4O3/c1-11-16(18(26)22-12(2)21-11)3-4-17(25)23-24-19(27)20-8-13-5-14(9-20)7-15(6-13)10-20/h13-15H,3-10H2,1-2H3,(H,23,25)(H,24,27)(H,21,22,26). The number of hydrazine groups is 1. The number of amides is 2. The summed E-state index contributed by atoms with van der Waals surface area (Å²) < 4.78 is 0. The van der Waals surface area contributed by atoms with Crippen LogP contribution in [0.4, 0.5) is 0 Å². The van der Waals surface area contributed by atoms with E-state index in [1.54, 1.807) is 13.8 Å². The lowest BCUT2D eigenvalue weighted by Gasteiger charge is -2.55. The van der Waals surface area contributed by atoms with Crippen LogP contribution in [0.2, 0.25) is 0 Å². The van der Waals surface area contributed by atoms with Crippen LogP contribution >= 0.6 is 0 Å². The molecule has 0 spiro atoms. The molecular formula is C20H28N4O3. The number of aromatic nitrogens is 2. The van der Waals surface area contributed by atoms with Gasteiger partial charge in [0.1, 0.15) is 5.82 Å². The van der Waals surface area contributed by atoms with Gasteiger partial charge in [-0.1, -0.05) is 0 Å². The van der Waals surface area contributed by atoms with Crippen LogP contribution in [-0.4, -0.2) is 21.8 Å². The van der Waals surface area contributed by atoms with E-state index < -0.39 is 0 Å². The Labute approximate surface area is 158 Å². The minimum atomic E-state index is -0.285. The summed E-state index contributed by atoms with van der Waals surface area (Å²) in [7, 11) is 0. The Hall–Kier alpha value is -2.18. The van der Waals surface area contributed by atoms with Crippen LogP contribution in [0.25, 0.3) is 0 Å². The van der Waals surface area contributed by atoms with Gasteiger partial charge in [0.15, 0.2) is 0 Å². The second-order valence-corrected chi connectivity index (χ2v) is 8.92. The summed E-state index contributed by atoms with van der Waals surface area (Å²) in [5, 5.41) is 0. The number of carbonyl (C=O) groups is 2. The number of hydrogen-bond donors (Lipinski definition) is 3. The first-order chi connectivity index (χ1) is 12.8. The molecule has 0 radical (unpaired) electrons. The van der Waals surface area contributed by atoms with Crippen molar-refractivity contribution < 1.29 is 9.59 Å². The number of nitrogens with zero attached hydrogens (tertiary/aromatic N) is 1. The number of hydrogen-bond acceptors (Lipinski definition) is 4. The Kier molecular flexibility index (Phi) is 4.56. The highest BCUT2D eigenvalue weighted by atomic mass is 16.2. The molecule has 27 heavy (non-hydrogen) atoms. The second kappa shape index (κ2) is 6.77. The van der Waals surface area contributed by atoms with Crippen molar-refractivity contribution in [3.63, 3.8) is 0 Å². The number of nitrogens with one attached hydrogen (secondary N) is 3. The van der Waals surface area contributed by atoms with Gasteiger partial charge < -0.3 is 4.98 Å². The minimum Gasteiger partial charge on any atom is -0.311 e. The third-order valence-electron chi connectivity index (χ3n) is 6.78. The van der Waals surface area contributed by atoms with E-state index in [0.717, 1.165) is 19.3 Å². The van der Waals surface area contributed by atoms with E-state index >= 15 is 0 Å². The predicted octanol–water partition coefficient (Wildman–Crippen LogP) is 1.68. The minimum absolute atomic E-state index is 0.0269. The van der Waals surface area contributed by atoms with Gasteiger partial charge in [0, 0.05) is 17.7 Å². The van der Waals surface area contributed by atoms with Crippen molar-refractivity contribution >= 4 is 11.8 Å². The molecule has 0 unspecified atom stereocenters. The van der Waals surface area contributed by atoms with E-state index in [0.29, 0.717) is 41.3 Å². The fraction of sp³-hybridized carbons (Fsp3) is 0.700. The van der Waals surface area contributed by atoms with Crippen LogP contribution < -0.4 is 16.4 Å². The molecule has 4 fully saturated rings. The van der Waals surface area contributed by atoms with Crippen LogP contribution in [0.1, 0.15) is 62.0 Å². The molecule has 0 aromatic carbocycles. The average Bonchev–Trinajstić information content (AvgIpc) is 2.57. The number of carbonyl (C=O) groups excluding carboxylic acids is 2. The zero-order chi connectivity index (χ0) is 19.2. The van der Waals surface area contributed by atoms with Crippen LogP contribution in [0, 0.1) is 37.0 Å². The fourth-order valence-electron chi connectivity index (χ4n) is 5.99. The molecule has 4 bridgehead atoms. The monoisotopic (exact) mass is 372 g/mol. The number of aromatic amines is 1. The zero-order valence-corrected chi connectivity index (χ0v) is 16.1. The maximum atomic E-state index is 12.8. The van der Waals surface area contributed by atoms with Crippen molar-refractivity contribution in [3.8, 4) is 0 Å². The topological polar surface area (TPSA) is 104 Å². The summed E-state index contributed by atoms with van der Waals surface area (Å²) in [6, 6.07) is 0. The lowest BCUT2D eigenvalue weighted by molar-refractivity contribution is -0.148. The normalized spacial score (nSPS) is 31.0. The molecule has 1 heterocycles. The Balaban J connectivity index is 1.31. The van der Waals surface area contributed by atoms with Crippen LogP contribution in [0.15, 0.2) is 4.79 Å². The van der Waals surface area contributed by atoms with E-state index in [1.807, 2.05) is 0 Å². The SMILES string of the molecule is Cc1nc(C)c(CCC(=O)NNC(=O)C23CC4CC(CC(C4)C2)C3)c(=O)[nH]1. The molecule has 146 valence electrons. The predicted molar refractivity (Wildman–Crippen MR) is 99.5 cm³/mol. The van der Waals surface area contributed by atoms with E-state index in [-0.39, 0.29) is 29.2 Å². The summed E-state index contributed by atoms with van der Waals surface area (Å²) in [4.78, 5) is 43.9. The van der Waals surface area contributed by atoms with Gasteiger partial charge in [0.2, 0.25) is 11.8 Å². The van der Waals surface area contributed by atoms with Gasteiger partial charge >= 0.3 is 0 Å². The summed E-state index contributed by atoms with van der Waals surface area (Å²) in [6.45, 7) is 3.50. The summed E-state index contributed by atoms with van der Waals surface area (Å²) in [6.07, 6.45) is 7.15. The van der Waals surface area contributed by atoms with E-state index in [1.165, 1.54) is 19.3 Å². The Bertz CT molecular complexity index is 794. The van der Waals surface area contributed by atoms with Crippen molar-refractivity contribution in [2.75, 3.05) is 0 Å². The second-order valence-electron chi connectivity index (χ2n) is 8.92. The molecule has 7 nitrogen and oxygen atoms in total. The van der Waals surface area contributed by atoms with Gasteiger partial charge in [0.25, 0.3) is 5.56 Å². The Morgan fingerprint density at radius 2 is 1.67 bits per heavy atom. The molecule has 0 atom stereocenters. The lowest BCUT2D eigenvalue weighted by atomic mass is 9.49. The maximum Gasteiger partial charge on any atom is 0.254 e. The highest BCUT2D eigenvalue weighted by molar-refractivity contribution is 5.86. The molecule has 0 saturated heterocycles. The lowest BCUT2D eigenvalue weighted by Crippen LogP contribution is -2.56. The zero-order valence-electron chi connectivity index (χ0n) is 16.1. The third-order valence-corrected chi connectivity index (χ3v) is 6.78. The molecular weight excluding hydrogens is 344 g/mol. The molecule has 2 amide bonds. The first-order valence-electron chi connectivity index (χ1n) is 10.0. The van der Waals surface area contributed by atoms with Gasteiger partial charge in [-0.25, -0.2) is 4.98 Å². The van der Waals surface area contributed by atoms with Gasteiger partial charge in [-0.2, -0.15) is 0 Å². The molecule has 7 heteroatoms. The van der Waals surface area contributed by atoms with E-state index in [2.05, 4.69) is 20.8 Å². The molecule has 4 aliphatic carbocycles. The Morgan fingerprint density at radius 3 is 2.22 bits per heavy atom. The summed E-state index contributed by atoms with van der Waals surface area (Å²) in [5.41, 5.74) is 5.90. The number of H-pyrrole nitrogens is 1. The van der Waals surface area contributed by atoms with Gasteiger partial charge in [-0.05, 0) is 76.5 Å². The molecule has 1 aromatic heterocycles. The molecule has 5 rings (SSSR count). The van der Waals surface area contributed by atoms with Crippen molar-refractivity contribution in [2.45, 2.75) is 65.2 Å². The summed E-state index contributed by atoms with van der Waals surface area (Å²) >= 11 is 0. The summed E-state index contributed by atoms with van der Waals surface area (Å²) in [5.74, 6) is 2.30. The fourth-order valence-corrected chi connectivity index (χ4v) is 5.99. The van der Waals surface area contributed by atoms with Crippen molar-refractivity contribution in [3.05, 3.63) is 27.4 Å². The van der Waals surface area contributed by atoms with Crippen molar-refractivity contribution in [1.82, 2.24) is 20.8 Å². The molecule has 3 N–H and O–H groups in total. The smallest absolute Gasteiger partial charge is 0.254 e. The Morgan fingerprint density at radius 1 is 1.07 bits per heavy atom. The number of aryl methyl sites for hydroxylation is 2. The molecule has 4 aliphatic rings. The van der Waals surface area contributed by atoms with Crippen molar-refractivity contribution in [1.29, 1.82) is 0 Å². The van der Waals surface area contributed by atoms with Crippen molar-refractivity contribution in [2.24, 2.45) is 23.2 Å². The van der Waals surface area contributed by atoms with Gasteiger partial charge in [0.05, 0.1) is 5.41 Å². The highest BCUT2D eigenvalue weighted by Gasteiger charge is 2.54.